The zero-order chi connectivity index (χ0) is 20.5. The summed E-state index contributed by atoms with van der Waals surface area (Å²) in [4.78, 5) is 16.8. The van der Waals surface area contributed by atoms with Crippen LogP contribution in [0.4, 0.5) is 0 Å². The van der Waals surface area contributed by atoms with Crippen LogP contribution in [0.1, 0.15) is 48.9 Å². The highest BCUT2D eigenvalue weighted by Gasteiger charge is 2.22. The smallest absolute Gasteiger partial charge is 0.306 e. The Balaban J connectivity index is 1.55. The van der Waals surface area contributed by atoms with Crippen LogP contribution >= 0.6 is 0 Å². The maximum Gasteiger partial charge on any atom is 0.306 e. The summed E-state index contributed by atoms with van der Waals surface area (Å²) in [6.07, 6.45) is 5.14. The molecule has 0 spiro atoms. The minimum Gasteiger partial charge on any atom is -0.489 e. The van der Waals surface area contributed by atoms with Crippen LogP contribution in [0.2, 0.25) is 0 Å². The van der Waals surface area contributed by atoms with Crippen molar-refractivity contribution in [2.75, 3.05) is 13.2 Å². The van der Waals surface area contributed by atoms with Gasteiger partial charge in [0.15, 0.2) is 0 Å². The fourth-order valence-corrected chi connectivity index (χ4v) is 3.57. The molecule has 5 nitrogen and oxygen atoms in total. The van der Waals surface area contributed by atoms with Crippen LogP contribution in [-0.2, 0) is 33.8 Å². The van der Waals surface area contributed by atoms with E-state index >= 15 is 0 Å². The van der Waals surface area contributed by atoms with E-state index in [1.54, 1.807) is 6.21 Å². The van der Waals surface area contributed by atoms with Crippen molar-refractivity contribution in [3.05, 3.63) is 64.7 Å². The number of rotatable bonds is 9. The van der Waals surface area contributed by atoms with Crippen LogP contribution in [0.3, 0.4) is 0 Å². The van der Waals surface area contributed by atoms with E-state index in [2.05, 4.69) is 17.3 Å². The molecule has 0 amide bonds. The van der Waals surface area contributed by atoms with Gasteiger partial charge in [-0.15, -0.1) is 0 Å². The Morgan fingerprint density at radius 1 is 1.10 bits per heavy atom. The Bertz CT molecular complexity index is 829. The molecule has 0 radical (unpaired) electrons. The lowest BCUT2D eigenvalue weighted by Crippen LogP contribution is -2.19. The molecule has 29 heavy (non-hydrogen) atoms. The second-order valence-corrected chi connectivity index (χ2v) is 7.23. The molecule has 2 aromatic rings. The van der Waals surface area contributed by atoms with Gasteiger partial charge in [-0.25, -0.2) is 0 Å². The molecule has 0 saturated carbocycles. The van der Waals surface area contributed by atoms with Gasteiger partial charge < -0.3 is 14.3 Å². The van der Waals surface area contributed by atoms with Crippen LogP contribution in [0.15, 0.2) is 47.6 Å². The van der Waals surface area contributed by atoms with Crippen molar-refractivity contribution in [1.82, 2.24) is 0 Å². The standard InChI is InChI=1S/C24H29NO4/c1-3-27-24(26)14-20-9-10-21-11-12-23(15-22(21)13-20)28-17-19-7-5-18(6-8-19)16-25-29-4-2/h5-8,11-12,15-16,20H,3-4,9-10,13-14,17H2,1-2H3/b25-16+. The summed E-state index contributed by atoms with van der Waals surface area (Å²) in [5.74, 6) is 1.12. The topological polar surface area (TPSA) is 57.1 Å². The highest BCUT2D eigenvalue weighted by Crippen LogP contribution is 2.30. The molecule has 5 heteroatoms. The van der Waals surface area contributed by atoms with Crippen molar-refractivity contribution < 1.29 is 19.1 Å². The largest absolute Gasteiger partial charge is 0.489 e. The molecule has 0 bridgehead atoms. The first-order valence-electron chi connectivity index (χ1n) is 10.3. The first-order valence-corrected chi connectivity index (χ1v) is 10.3. The van der Waals surface area contributed by atoms with Crippen LogP contribution < -0.4 is 4.74 Å². The molecule has 0 heterocycles. The normalized spacial score (nSPS) is 15.7. The predicted molar refractivity (Wildman–Crippen MR) is 113 cm³/mol. The molecule has 0 aromatic heterocycles. The third-order valence-corrected chi connectivity index (χ3v) is 5.06. The second-order valence-electron chi connectivity index (χ2n) is 7.23. The van der Waals surface area contributed by atoms with E-state index in [4.69, 9.17) is 14.3 Å². The minimum atomic E-state index is -0.0943. The average Bonchev–Trinajstić information content (AvgIpc) is 2.73. The number of esters is 1. The molecule has 1 aliphatic carbocycles. The summed E-state index contributed by atoms with van der Waals surface area (Å²) in [7, 11) is 0. The molecule has 1 atom stereocenters. The van der Waals surface area contributed by atoms with Crippen molar-refractivity contribution >= 4 is 12.2 Å². The summed E-state index contributed by atoms with van der Waals surface area (Å²) in [6, 6.07) is 14.4. The highest BCUT2D eigenvalue weighted by atomic mass is 16.6. The Morgan fingerprint density at radius 3 is 2.69 bits per heavy atom. The summed E-state index contributed by atoms with van der Waals surface area (Å²) in [5, 5.41) is 3.87. The lowest BCUT2D eigenvalue weighted by atomic mass is 9.82. The van der Waals surface area contributed by atoms with E-state index < -0.39 is 0 Å². The molecule has 0 N–H and O–H groups in total. The Labute approximate surface area is 172 Å². The number of carbonyl (C=O) groups excluding carboxylic acids is 1. The molecule has 154 valence electrons. The van der Waals surface area contributed by atoms with Crippen LogP contribution in [0.5, 0.6) is 5.75 Å². The number of oxime groups is 1. The number of fused-ring (bicyclic) bond motifs is 1. The van der Waals surface area contributed by atoms with Crippen molar-refractivity contribution in [1.29, 1.82) is 0 Å². The monoisotopic (exact) mass is 395 g/mol. The van der Waals surface area contributed by atoms with Crippen molar-refractivity contribution in [2.24, 2.45) is 11.1 Å². The number of hydrogen-bond acceptors (Lipinski definition) is 5. The fraction of sp³-hybridized carbons (Fsp3) is 0.417. The van der Waals surface area contributed by atoms with Gasteiger partial charge in [0.1, 0.15) is 19.0 Å². The number of carbonyl (C=O) groups is 1. The third kappa shape index (κ3) is 6.34. The van der Waals surface area contributed by atoms with Crippen molar-refractivity contribution in [3.8, 4) is 5.75 Å². The zero-order valence-corrected chi connectivity index (χ0v) is 17.2. The van der Waals surface area contributed by atoms with Gasteiger partial charge in [0.2, 0.25) is 0 Å². The molecule has 0 fully saturated rings. The van der Waals surface area contributed by atoms with Crippen molar-refractivity contribution in [3.63, 3.8) is 0 Å². The van der Waals surface area contributed by atoms with E-state index in [0.29, 0.717) is 32.2 Å². The van der Waals surface area contributed by atoms with Crippen LogP contribution in [0.25, 0.3) is 0 Å². The van der Waals surface area contributed by atoms with Crippen LogP contribution in [0, 0.1) is 5.92 Å². The van der Waals surface area contributed by atoms with Gasteiger partial charge in [-0.1, -0.05) is 35.5 Å². The second kappa shape index (κ2) is 10.6. The minimum absolute atomic E-state index is 0.0943. The zero-order valence-electron chi connectivity index (χ0n) is 17.2. The van der Waals surface area contributed by atoms with Gasteiger partial charge in [0, 0.05) is 6.42 Å². The molecular weight excluding hydrogens is 366 g/mol. The number of benzene rings is 2. The SMILES string of the molecule is CCO/N=C/c1ccc(COc2ccc3c(c2)CC(CC(=O)OCC)CC3)cc1. The summed E-state index contributed by atoms with van der Waals surface area (Å²) in [5.41, 5.74) is 4.72. The van der Waals surface area contributed by atoms with Gasteiger partial charge in [-0.2, -0.15) is 0 Å². The molecule has 1 unspecified atom stereocenters. The predicted octanol–water partition coefficient (Wildman–Crippen LogP) is 4.69. The van der Waals surface area contributed by atoms with E-state index in [-0.39, 0.29) is 5.97 Å². The Morgan fingerprint density at radius 2 is 1.93 bits per heavy atom. The summed E-state index contributed by atoms with van der Waals surface area (Å²) < 4.78 is 11.1. The molecule has 2 aromatic carbocycles. The third-order valence-electron chi connectivity index (χ3n) is 5.06. The van der Waals surface area contributed by atoms with Gasteiger partial charge in [0.05, 0.1) is 12.8 Å². The molecule has 1 aliphatic rings. The number of hydrogen-bond donors (Lipinski definition) is 0. The summed E-state index contributed by atoms with van der Waals surface area (Å²) >= 11 is 0. The molecular formula is C24H29NO4. The highest BCUT2D eigenvalue weighted by molar-refractivity contribution is 5.79. The first-order chi connectivity index (χ1) is 14.2. The lowest BCUT2D eigenvalue weighted by Gasteiger charge is -2.24. The van der Waals surface area contributed by atoms with Gasteiger partial charge in [-0.3, -0.25) is 4.79 Å². The van der Waals surface area contributed by atoms with E-state index in [1.165, 1.54) is 11.1 Å². The van der Waals surface area contributed by atoms with Gasteiger partial charge >= 0.3 is 5.97 Å². The van der Waals surface area contributed by atoms with Crippen molar-refractivity contribution in [2.45, 2.75) is 46.1 Å². The lowest BCUT2D eigenvalue weighted by molar-refractivity contribution is -0.144. The van der Waals surface area contributed by atoms with Crippen LogP contribution in [-0.4, -0.2) is 25.4 Å². The molecule has 3 rings (SSSR count). The van der Waals surface area contributed by atoms with E-state index in [0.717, 1.165) is 36.1 Å². The fourth-order valence-electron chi connectivity index (χ4n) is 3.57. The molecule has 0 aliphatic heterocycles. The molecule has 0 saturated heterocycles. The average molecular weight is 395 g/mol. The number of aryl methyl sites for hydroxylation is 1. The Kier molecular flexibility index (Phi) is 7.68. The van der Waals surface area contributed by atoms with E-state index in [9.17, 15) is 4.79 Å². The number of nitrogens with zero attached hydrogens (tertiary/aromatic N) is 1. The number of ether oxygens (including phenoxy) is 2. The maximum atomic E-state index is 11.8. The maximum absolute atomic E-state index is 11.8. The quantitative estimate of drug-likeness (QED) is 0.351. The summed E-state index contributed by atoms with van der Waals surface area (Å²) in [6.45, 7) is 5.26. The Hall–Kier alpha value is -2.82. The van der Waals surface area contributed by atoms with Gasteiger partial charge in [-0.05, 0) is 73.4 Å². The first kappa shape index (κ1) is 20.9. The van der Waals surface area contributed by atoms with E-state index in [1.807, 2.05) is 44.2 Å². The van der Waals surface area contributed by atoms with Gasteiger partial charge in [0.25, 0.3) is 0 Å².